The lowest BCUT2D eigenvalue weighted by Crippen LogP contribution is -2.27. The van der Waals surface area contributed by atoms with Gasteiger partial charge in [0.15, 0.2) is 0 Å². The second-order valence-corrected chi connectivity index (χ2v) is 4.23. The van der Waals surface area contributed by atoms with Crippen molar-refractivity contribution in [1.29, 1.82) is 0 Å². The van der Waals surface area contributed by atoms with Gasteiger partial charge in [0.05, 0.1) is 0 Å². The average Bonchev–Trinajstić information content (AvgIpc) is 2.21. The lowest BCUT2D eigenvalue weighted by molar-refractivity contribution is 0.497. The Labute approximate surface area is 90.0 Å². The molecule has 0 saturated carbocycles. The predicted octanol–water partition coefficient (Wildman–Crippen LogP) is 3.90. The van der Waals surface area contributed by atoms with Crippen molar-refractivity contribution in [1.82, 2.24) is 5.32 Å². The summed E-state index contributed by atoms with van der Waals surface area (Å²) in [6.07, 6.45) is 7.85. The van der Waals surface area contributed by atoms with Gasteiger partial charge in [-0.25, -0.2) is 0 Å². The van der Waals surface area contributed by atoms with E-state index in [1.54, 1.807) is 0 Å². The lowest BCUT2D eigenvalue weighted by atomic mass is 10.1. The van der Waals surface area contributed by atoms with E-state index in [1.165, 1.54) is 37.7 Å². The highest BCUT2D eigenvalue weighted by atomic mass is 14.9. The minimum Gasteiger partial charge on any atom is -0.311 e. The van der Waals surface area contributed by atoms with Crippen molar-refractivity contribution in [2.75, 3.05) is 6.54 Å². The number of unbranched alkanes of at least 4 members (excludes halogenated alkanes) is 3. The summed E-state index contributed by atoms with van der Waals surface area (Å²) < 4.78 is 0. The van der Waals surface area contributed by atoms with Crippen LogP contribution in [0.15, 0.2) is 12.2 Å². The summed E-state index contributed by atoms with van der Waals surface area (Å²) in [5, 5.41) is 3.51. The van der Waals surface area contributed by atoms with E-state index < -0.39 is 0 Å². The smallest absolute Gasteiger partial charge is 0.0164 e. The van der Waals surface area contributed by atoms with Gasteiger partial charge >= 0.3 is 0 Å². The summed E-state index contributed by atoms with van der Waals surface area (Å²) in [5.41, 5.74) is 1.31. The Balaban J connectivity index is 3.27. The van der Waals surface area contributed by atoms with Crippen LogP contribution in [0.1, 0.15) is 59.3 Å². The normalized spacial score (nSPS) is 12.8. The van der Waals surface area contributed by atoms with Crippen LogP contribution in [0.5, 0.6) is 0 Å². The summed E-state index contributed by atoms with van der Waals surface area (Å²) in [6.45, 7) is 11.7. The fraction of sp³-hybridized carbons (Fsp3) is 0.846. The molecule has 0 aromatic rings. The average molecular weight is 197 g/mol. The fourth-order valence-corrected chi connectivity index (χ4v) is 1.42. The van der Waals surface area contributed by atoms with Gasteiger partial charge < -0.3 is 5.32 Å². The molecular formula is C13H27N. The Hall–Kier alpha value is -0.300. The molecule has 0 bridgehead atoms. The summed E-state index contributed by atoms with van der Waals surface area (Å²) in [5.74, 6) is 0. The first-order valence-corrected chi connectivity index (χ1v) is 6.10. The third-order valence-corrected chi connectivity index (χ3v) is 2.69. The van der Waals surface area contributed by atoms with Crippen molar-refractivity contribution in [2.45, 2.75) is 65.3 Å². The predicted molar refractivity (Wildman–Crippen MR) is 65.7 cm³/mol. The third kappa shape index (κ3) is 8.31. The molecule has 1 atom stereocenters. The molecule has 0 aliphatic rings. The zero-order chi connectivity index (χ0) is 10.8. The molecule has 0 aliphatic heterocycles. The second kappa shape index (κ2) is 9.26. The molecule has 84 valence electrons. The highest BCUT2D eigenvalue weighted by Crippen LogP contribution is 2.05. The first-order valence-electron chi connectivity index (χ1n) is 6.10. The van der Waals surface area contributed by atoms with Crippen molar-refractivity contribution in [3.05, 3.63) is 12.2 Å². The van der Waals surface area contributed by atoms with Crippen molar-refractivity contribution in [3.8, 4) is 0 Å². The van der Waals surface area contributed by atoms with Gasteiger partial charge in [-0.05, 0) is 19.8 Å². The summed E-state index contributed by atoms with van der Waals surface area (Å²) in [4.78, 5) is 0. The Morgan fingerprint density at radius 3 is 2.50 bits per heavy atom. The lowest BCUT2D eigenvalue weighted by Gasteiger charge is -2.14. The van der Waals surface area contributed by atoms with Crippen LogP contribution in [0.25, 0.3) is 0 Å². The quantitative estimate of drug-likeness (QED) is 0.436. The highest BCUT2D eigenvalue weighted by molar-refractivity contribution is 4.95. The van der Waals surface area contributed by atoms with Gasteiger partial charge in [0.2, 0.25) is 0 Å². The van der Waals surface area contributed by atoms with E-state index in [1.807, 2.05) is 0 Å². The van der Waals surface area contributed by atoms with Crippen molar-refractivity contribution >= 4 is 0 Å². The molecule has 0 fully saturated rings. The van der Waals surface area contributed by atoms with E-state index >= 15 is 0 Å². The summed E-state index contributed by atoms with van der Waals surface area (Å²) >= 11 is 0. The van der Waals surface area contributed by atoms with E-state index in [9.17, 15) is 0 Å². The molecule has 0 heterocycles. The maximum atomic E-state index is 3.99. The van der Waals surface area contributed by atoms with Gasteiger partial charge in [-0.2, -0.15) is 0 Å². The minimum atomic E-state index is 0.648. The van der Waals surface area contributed by atoms with Gasteiger partial charge in [-0.15, -0.1) is 0 Å². The van der Waals surface area contributed by atoms with Gasteiger partial charge in [-0.1, -0.05) is 51.7 Å². The van der Waals surface area contributed by atoms with Crippen molar-refractivity contribution in [2.24, 2.45) is 0 Å². The molecule has 0 saturated heterocycles. The van der Waals surface area contributed by atoms with Crippen LogP contribution in [0.2, 0.25) is 0 Å². The maximum absolute atomic E-state index is 3.99. The number of hydrogen-bond donors (Lipinski definition) is 1. The third-order valence-electron chi connectivity index (χ3n) is 2.69. The molecule has 1 unspecified atom stereocenters. The molecular weight excluding hydrogens is 170 g/mol. The number of hydrogen-bond acceptors (Lipinski definition) is 1. The van der Waals surface area contributed by atoms with Crippen LogP contribution in [0, 0.1) is 0 Å². The zero-order valence-corrected chi connectivity index (χ0v) is 10.2. The Bertz CT molecular complexity index is 140. The molecule has 0 aromatic carbocycles. The van der Waals surface area contributed by atoms with Gasteiger partial charge in [0.25, 0.3) is 0 Å². The molecule has 0 spiro atoms. The highest BCUT2D eigenvalue weighted by Gasteiger charge is 2.00. The Morgan fingerprint density at radius 1 is 1.21 bits per heavy atom. The monoisotopic (exact) mass is 197 g/mol. The SMILES string of the molecule is C=C(CC)CNC(C)CCCCCC. The molecule has 1 N–H and O–H groups in total. The Morgan fingerprint density at radius 2 is 1.93 bits per heavy atom. The summed E-state index contributed by atoms with van der Waals surface area (Å²) in [7, 11) is 0. The molecule has 0 rings (SSSR count). The second-order valence-electron chi connectivity index (χ2n) is 4.23. The van der Waals surface area contributed by atoms with Gasteiger partial charge in [-0.3, -0.25) is 0 Å². The van der Waals surface area contributed by atoms with Crippen LogP contribution in [0.4, 0.5) is 0 Å². The van der Waals surface area contributed by atoms with Crippen molar-refractivity contribution in [3.63, 3.8) is 0 Å². The standard InChI is InChI=1S/C13H27N/c1-5-7-8-9-10-13(4)14-11-12(3)6-2/h13-14H,3,5-11H2,1-2,4H3. The van der Waals surface area contributed by atoms with Crippen LogP contribution >= 0.6 is 0 Å². The van der Waals surface area contributed by atoms with Gasteiger partial charge in [0.1, 0.15) is 0 Å². The topological polar surface area (TPSA) is 12.0 Å². The van der Waals surface area contributed by atoms with Crippen LogP contribution in [0.3, 0.4) is 0 Å². The van der Waals surface area contributed by atoms with Crippen LogP contribution in [-0.2, 0) is 0 Å². The molecule has 0 radical (unpaired) electrons. The van der Waals surface area contributed by atoms with Crippen LogP contribution < -0.4 is 5.32 Å². The van der Waals surface area contributed by atoms with E-state index in [-0.39, 0.29) is 0 Å². The molecule has 0 aliphatic carbocycles. The fourth-order valence-electron chi connectivity index (χ4n) is 1.42. The molecule has 1 heteroatoms. The maximum Gasteiger partial charge on any atom is 0.0164 e. The molecule has 0 amide bonds. The molecule has 14 heavy (non-hydrogen) atoms. The number of nitrogens with one attached hydrogen (secondary N) is 1. The zero-order valence-electron chi connectivity index (χ0n) is 10.2. The first kappa shape index (κ1) is 13.7. The van der Waals surface area contributed by atoms with E-state index in [0.717, 1.165) is 13.0 Å². The number of rotatable bonds is 9. The largest absolute Gasteiger partial charge is 0.311 e. The van der Waals surface area contributed by atoms with Crippen molar-refractivity contribution < 1.29 is 0 Å². The molecule has 1 nitrogen and oxygen atoms in total. The van der Waals surface area contributed by atoms with E-state index in [4.69, 9.17) is 0 Å². The Kier molecular flexibility index (Phi) is 9.06. The summed E-state index contributed by atoms with van der Waals surface area (Å²) in [6, 6.07) is 0.648. The molecule has 0 aromatic heterocycles. The van der Waals surface area contributed by atoms with Gasteiger partial charge in [0, 0.05) is 12.6 Å². The van der Waals surface area contributed by atoms with E-state index in [2.05, 4.69) is 32.7 Å². The van der Waals surface area contributed by atoms with E-state index in [0.29, 0.717) is 6.04 Å². The van der Waals surface area contributed by atoms with Crippen LogP contribution in [-0.4, -0.2) is 12.6 Å². The minimum absolute atomic E-state index is 0.648. The first-order chi connectivity index (χ1) is 6.70.